The van der Waals surface area contributed by atoms with E-state index in [1.165, 1.54) is 5.56 Å². The standard InChI is InChI=1S/C16H14N4/c1-2-5-13(6-3-1)9-19-16-12-18-11-15(20-16)14-7-4-8-17-10-14/h1-8,10-12H,9H2,(H,19,20). The Bertz CT molecular complexity index is 668. The van der Waals surface area contributed by atoms with E-state index >= 15 is 0 Å². The normalized spacial score (nSPS) is 10.2. The van der Waals surface area contributed by atoms with Gasteiger partial charge in [0.15, 0.2) is 0 Å². The van der Waals surface area contributed by atoms with E-state index in [-0.39, 0.29) is 0 Å². The fourth-order valence-corrected chi connectivity index (χ4v) is 1.89. The van der Waals surface area contributed by atoms with Gasteiger partial charge < -0.3 is 5.32 Å². The number of aromatic nitrogens is 3. The molecule has 0 unspecified atom stereocenters. The summed E-state index contributed by atoms with van der Waals surface area (Å²) >= 11 is 0. The van der Waals surface area contributed by atoms with Crippen molar-refractivity contribution < 1.29 is 0 Å². The Balaban J connectivity index is 1.75. The number of rotatable bonds is 4. The number of pyridine rings is 1. The topological polar surface area (TPSA) is 50.7 Å². The predicted octanol–water partition coefficient (Wildman–Crippen LogP) is 3.15. The van der Waals surface area contributed by atoms with Gasteiger partial charge in [0.2, 0.25) is 0 Å². The SMILES string of the molecule is c1ccc(CNc2cncc(-c3cccnc3)n2)cc1. The van der Waals surface area contributed by atoms with Crippen molar-refractivity contribution in [3.63, 3.8) is 0 Å². The minimum absolute atomic E-state index is 0.728. The second-order valence-electron chi connectivity index (χ2n) is 4.37. The third-order valence-electron chi connectivity index (χ3n) is 2.91. The smallest absolute Gasteiger partial charge is 0.145 e. The average Bonchev–Trinajstić information content (AvgIpc) is 2.55. The van der Waals surface area contributed by atoms with Crippen molar-refractivity contribution in [1.29, 1.82) is 0 Å². The van der Waals surface area contributed by atoms with Crippen molar-refractivity contribution in [2.24, 2.45) is 0 Å². The van der Waals surface area contributed by atoms with Crippen molar-refractivity contribution >= 4 is 5.82 Å². The van der Waals surface area contributed by atoms with Gasteiger partial charge in [0, 0.05) is 24.5 Å². The Kier molecular flexibility index (Phi) is 3.64. The number of hydrogen-bond acceptors (Lipinski definition) is 4. The molecule has 0 aliphatic carbocycles. The minimum atomic E-state index is 0.728. The lowest BCUT2D eigenvalue weighted by Gasteiger charge is -2.07. The summed E-state index contributed by atoms with van der Waals surface area (Å²) in [6, 6.07) is 14.1. The van der Waals surface area contributed by atoms with E-state index in [1.54, 1.807) is 24.8 Å². The number of nitrogens with one attached hydrogen (secondary N) is 1. The van der Waals surface area contributed by atoms with Crippen LogP contribution in [0.2, 0.25) is 0 Å². The molecule has 0 amide bonds. The molecule has 2 heterocycles. The first kappa shape index (κ1) is 12.3. The fraction of sp³-hybridized carbons (Fsp3) is 0.0625. The van der Waals surface area contributed by atoms with Crippen LogP contribution in [0.5, 0.6) is 0 Å². The molecule has 0 aliphatic rings. The largest absolute Gasteiger partial charge is 0.365 e. The quantitative estimate of drug-likeness (QED) is 0.784. The summed E-state index contributed by atoms with van der Waals surface area (Å²) in [4.78, 5) is 12.9. The van der Waals surface area contributed by atoms with Gasteiger partial charge in [-0.15, -0.1) is 0 Å². The van der Waals surface area contributed by atoms with Crippen LogP contribution in [0.1, 0.15) is 5.56 Å². The van der Waals surface area contributed by atoms with Gasteiger partial charge in [-0.25, -0.2) is 4.98 Å². The molecule has 1 N–H and O–H groups in total. The maximum Gasteiger partial charge on any atom is 0.145 e. The minimum Gasteiger partial charge on any atom is -0.365 e. The molecule has 4 heteroatoms. The molecule has 0 saturated carbocycles. The summed E-state index contributed by atoms with van der Waals surface area (Å²) in [6.45, 7) is 0.728. The first-order chi connectivity index (χ1) is 9.92. The molecule has 20 heavy (non-hydrogen) atoms. The first-order valence-electron chi connectivity index (χ1n) is 6.42. The summed E-state index contributed by atoms with van der Waals surface area (Å²) in [7, 11) is 0. The zero-order valence-electron chi connectivity index (χ0n) is 10.9. The summed E-state index contributed by atoms with van der Waals surface area (Å²) in [6.07, 6.45) is 6.99. The van der Waals surface area contributed by atoms with E-state index in [4.69, 9.17) is 0 Å². The molecular weight excluding hydrogens is 248 g/mol. The molecular formula is C16H14N4. The summed E-state index contributed by atoms with van der Waals surface area (Å²) in [5.41, 5.74) is 2.99. The lowest BCUT2D eigenvalue weighted by Crippen LogP contribution is -2.02. The van der Waals surface area contributed by atoms with Crippen molar-refractivity contribution in [2.45, 2.75) is 6.54 Å². The van der Waals surface area contributed by atoms with Crippen LogP contribution in [0, 0.1) is 0 Å². The zero-order chi connectivity index (χ0) is 13.6. The number of nitrogens with zero attached hydrogens (tertiary/aromatic N) is 3. The summed E-state index contributed by atoms with van der Waals surface area (Å²) in [5.74, 6) is 0.759. The molecule has 0 fully saturated rings. The predicted molar refractivity (Wildman–Crippen MR) is 79.0 cm³/mol. The fourth-order valence-electron chi connectivity index (χ4n) is 1.89. The summed E-state index contributed by atoms with van der Waals surface area (Å²) < 4.78 is 0. The van der Waals surface area contributed by atoms with Crippen LogP contribution < -0.4 is 5.32 Å². The highest BCUT2D eigenvalue weighted by atomic mass is 15.0. The molecule has 98 valence electrons. The van der Waals surface area contributed by atoms with E-state index in [1.807, 2.05) is 30.3 Å². The molecule has 0 saturated heterocycles. The molecule has 3 rings (SSSR count). The van der Waals surface area contributed by atoms with Gasteiger partial charge in [0.25, 0.3) is 0 Å². The Hall–Kier alpha value is -2.75. The van der Waals surface area contributed by atoms with Gasteiger partial charge in [0.05, 0.1) is 18.1 Å². The molecule has 2 aromatic heterocycles. The van der Waals surface area contributed by atoms with Gasteiger partial charge in [-0.05, 0) is 17.7 Å². The van der Waals surface area contributed by atoms with Crippen LogP contribution in [0.25, 0.3) is 11.3 Å². The van der Waals surface area contributed by atoms with E-state index < -0.39 is 0 Å². The van der Waals surface area contributed by atoms with Gasteiger partial charge in [-0.2, -0.15) is 0 Å². The molecule has 0 aliphatic heterocycles. The number of anilines is 1. The van der Waals surface area contributed by atoms with Crippen LogP contribution in [0.4, 0.5) is 5.82 Å². The summed E-state index contributed by atoms with van der Waals surface area (Å²) in [5, 5.41) is 3.28. The van der Waals surface area contributed by atoms with E-state index in [0.717, 1.165) is 23.6 Å². The maximum atomic E-state index is 4.54. The first-order valence-corrected chi connectivity index (χ1v) is 6.42. The Morgan fingerprint density at radius 1 is 0.850 bits per heavy atom. The third kappa shape index (κ3) is 2.98. The Morgan fingerprint density at radius 2 is 1.75 bits per heavy atom. The van der Waals surface area contributed by atoms with E-state index in [0.29, 0.717) is 0 Å². The van der Waals surface area contributed by atoms with Crippen LogP contribution in [-0.2, 0) is 6.54 Å². The Morgan fingerprint density at radius 3 is 2.55 bits per heavy atom. The highest BCUT2D eigenvalue weighted by Gasteiger charge is 2.01. The lowest BCUT2D eigenvalue weighted by atomic mass is 10.2. The van der Waals surface area contributed by atoms with Crippen LogP contribution in [-0.4, -0.2) is 15.0 Å². The van der Waals surface area contributed by atoms with Crippen molar-refractivity contribution in [1.82, 2.24) is 15.0 Å². The molecule has 3 aromatic rings. The maximum absolute atomic E-state index is 4.54. The molecule has 0 bridgehead atoms. The Labute approximate surface area is 117 Å². The zero-order valence-corrected chi connectivity index (χ0v) is 10.9. The average molecular weight is 262 g/mol. The van der Waals surface area contributed by atoms with Crippen LogP contribution in [0.15, 0.2) is 67.3 Å². The monoisotopic (exact) mass is 262 g/mol. The van der Waals surface area contributed by atoms with Gasteiger partial charge in [-0.3, -0.25) is 9.97 Å². The van der Waals surface area contributed by atoms with Gasteiger partial charge in [-0.1, -0.05) is 30.3 Å². The van der Waals surface area contributed by atoms with Crippen molar-refractivity contribution in [3.8, 4) is 11.3 Å². The molecule has 0 atom stereocenters. The lowest BCUT2D eigenvalue weighted by molar-refractivity contribution is 1.09. The molecule has 1 aromatic carbocycles. The van der Waals surface area contributed by atoms with Gasteiger partial charge >= 0.3 is 0 Å². The highest BCUT2D eigenvalue weighted by molar-refractivity contribution is 5.58. The van der Waals surface area contributed by atoms with Crippen LogP contribution >= 0.6 is 0 Å². The van der Waals surface area contributed by atoms with Crippen LogP contribution in [0.3, 0.4) is 0 Å². The highest BCUT2D eigenvalue weighted by Crippen LogP contribution is 2.16. The molecule has 0 radical (unpaired) electrons. The third-order valence-corrected chi connectivity index (χ3v) is 2.91. The van der Waals surface area contributed by atoms with Gasteiger partial charge in [0.1, 0.15) is 5.82 Å². The molecule has 0 spiro atoms. The number of benzene rings is 1. The van der Waals surface area contributed by atoms with Crippen molar-refractivity contribution in [3.05, 3.63) is 72.8 Å². The molecule has 4 nitrogen and oxygen atoms in total. The van der Waals surface area contributed by atoms with Crippen molar-refractivity contribution in [2.75, 3.05) is 5.32 Å². The second-order valence-corrected chi connectivity index (χ2v) is 4.37. The van der Waals surface area contributed by atoms with E-state index in [2.05, 4.69) is 32.4 Å². The number of hydrogen-bond donors (Lipinski definition) is 1. The second kappa shape index (κ2) is 5.93. The van der Waals surface area contributed by atoms with E-state index in [9.17, 15) is 0 Å².